The van der Waals surface area contributed by atoms with Crippen molar-refractivity contribution in [3.8, 4) is 0 Å². The van der Waals surface area contributed by atoms with E-state index in [-0.39, 0.29) is 12.1 Å². The van der Waals surface area contributed by atoms with Crippen LogP contribution in [0.25, 0.3) is 11.0 Å². The molecule has 7 nitrogen and oxygen atoms in total. The molecule has 0 saturated carbocycles. The van der Waals surface area contributed by atoms with Gasteiger partial charge >= 0.3 is 0 Å². The summed E-state index contributed by atoms with van der Waals surface area (Å²) in [6.07, 6.45) is 3.15. The number of nitrogens with one attached hydrogen (secondary N) is 1. The summed E-state index contributed by atoms with van der Waals surface area (Å²) in [5, 5.41) is 3.27. The van der Waals surface area contributed by atoms with Crippen molar-refractivity contribution in [1.29, 1.82) is 0 Å². The fraction of sp³-hybridized carbons (Fsp3) is 0.500. The molecule has 3 aromatic rings. The molecule has 1 N–H and O–H groups in total. The van der Waals surface area contributed by atoms with Crippen molar-refractivity contribution in [3.05, 3.63) is 59.3 Å². The van der Waals surface area contributed by atoms with Crippen LogP contribution in [0, 0.1) is 17.6 Å². The lowest BCUT2D eigenvalue weighted by atomic mass is 10.0. The molecule has 3 heterocycles. The summed E-state index contributed by atoms with van der Waals surface area (Å²) in [6.45, 7) is 9.68. The summed E-state index contributed by atoms with van der Waals surface area (Å²) < 4.78 is 39.0. The number of likely N-dealkylation sites (tertiary alicyclic amines) is 1. The highest BCUT2D eigenvalue weighted by molar-refractivity contribution is 5.81. The Hall–Kier alpha value is -2.88. The van der Waals surface area contributed by atoms with Gasteiger partial charge in [-0.1, -0.05) is 13.0 Å². The molecule has 2 aromatic carbocycles. The van der Waals surface area contributed by atoms with Crippen molar-refractivity contribution in [2.24, 2.45) is 5.92 Å². The minimum Gasteiger partial charge on any atom is -0.380 e. The largest absolute Gasteiger partial charge is 0.380 e. The first kappa shape index (κ1) is 25.8. The summed E-state index contributed by atoms with van der Waals surface area (Å²) in [5.41, 5.74) is 4.04. The van der Waals surface area contributed by atoms with Crippen LogP contribution in [-0.2, 0) is 16.0 Å². The van der Waals surface area contributed by atoms with E-state index in [1.54, 1.807) is 7.11 Å². The van der Waals surface area contributed by atoms with E-state index in [0.29, 0.717) is 24.8 Å². The van der Waals surface area contributed by atoms with Gasteiger partial charge < -0.3 is 19.7 Å². The predicted octanol–water partition coefficient (Wildman–Crippen LogP) is 4.77. The minimum atomic E-state index is -0.616. The maximum absolute atomic E-state index is 13.9. The molecule has 3 atom stereocenters. The number of anilines is 2. The highest BCUT2D eigenvalue weighted by atomic mass is 19.1. The van der Waals surface area contributed by atoms with Crippen molar-refractivity contribution in [1.82, 2.24) is 14.9 Å². The van der Waals surface area contributed by atoms with Crippen molar-refractivity contribution in [2.75, 3.05) is 56.7 Å². The van der Waals surface area contributed by atoms with E-state index in [1.165, 1.54) is 12.1 Å². The van der Waals surface area contributed by atoms with Crippen LogP contribution in [0.15, 0.2) is 36.5 Å². The zero-order valence-electron chi connectivity index (χ0n) is 21.7. The standard InChI is InChI=1S/C28H35F2N5O2/c1-4-20-16-34(17-26(20)36-3)15-19-9-24(18(2)32-23-12-21(29)11-22(30)13-23)28-25(10-19)31-14-27(33-28)35-5-7-37-8-6-35/h9-14,18,20,26,32H,4-8,15-17H2,1-3H3/t18?,20-,26-/m0/s1. The number of nitrogens with zero attached hydrogens (tertiary/aromatic N) is 4. The van der Waals surface area contributed by atoms with Gasteiger partial charge in [-0.3, -0.25) is 9.88 Å². The van der Waals surface area contributed by atoms with Crippen molar-refractivity contribution in [2.45, 2.75) is 39.0 Å². The van der Waals surface area contributed by atoms with Gasteiger partial charge in [0.15, 0.2) is 0 Å². The first-order valence-electron chi connectivity index (χ1n) is 13.0. The molecule has 5 rings (SSSR count). The number of hydrogen-bond donors (Lipinski definition) is 1. The van der Waals surface area contributed by atoms with E-state index in [1.807, 2.05) is 13.1 Å². The average molecular weight is 512 g/mol. The summed E-state index contributed by atoms with van der Waals surface area (Å²) in [7, 11) is 1.79. The second kappa shape index (κ2) is 11.2. The molecule has 37 heavy (non-hydrogen) atoms. The van der Waals surface area contributed by atoms with Crippen LogP contribution in [0.3, 0.4) is 0 Å². The molecular formula is C28H35F2N5O2. The van der Waals surface area contributed by atoms with Crippen molar-refractivity contribution < 1.29 is 18.3 Å². The molecule has 2 saturated heterocycles. The topological polar surface area (TPSA) is 62.8 Å². The smallest absolute Gasteiger partial charge is 0.148 e. The molecule has 2 fully saturated rings. The summed E-state index contributed by atoms with van der Waals surface area (Å²) in [6, 6.07) is 7.47. The highest BCUT2D eigenvalue weighted by Gasteiger charge is 2.31. The monoisotopic (exact) mass is 511 g/mol. The van der Waals surface area contributed by atoms with Gasteiger partial charge in [-0.2, -0.15) is 0 Å². The molecule has 0 bridgehead atoms. The van der Waals surface area contributed by atoms with Crippen LogP contribution in [0.5, 0.6) is 0 Å². The number of ether oxygens (including phenoxy) is 2. The zero-order valence-corrected chi connectivity index (χ0v) is 21.7. The lowest BCUT2D eigenvalue weighted by Crippen LogP contribution is -2.36. The quantitative estimate of drug-likeness (QED) is 0.467. The van der Waals surface area contributed by atoms with Crippen molar-refractivity contribution >= 4 is 22.5 Å². The van der Waals surface area contributed by atoms with Crippen LogP contribution in [0.1, 0.15) is 37.4 Å². The number of methoxy groups -OCH3 is 1. The van der Waals surface area contributed by atoms with E-state index < -0.39 is 11.6 Å². The number of benzene rings is 2. The Labute approximate surface area is 216 Å². The molecule has 1 unspecified atom stereocenters. The number of rotatable bonds is 8. The molecule has 0 radical (unpaired) electrons. The third-order valence-electron chi connectivity index (χ3n) is 7.46. The molecule has 0 spiro atoms. The molecule has 1 aromatic heterocycles. The van der Waals surface area contributed by atoms with Gasteiger partial charge in [0.25, 0.3) is 0 Å². The first-order valence-corrected chi connectivity index (χ1v) is 13.0. The van der Waals surface area contributed by atoms with Crippen molar-refractivity contribution in [3.63, 3.8) is 0 Å². The SMILES string of the molecule is CC[C@H]1CN(Cc2cc(C(C)Nc3cc(F)cc(F)c3)c3nc(N4CCOCC4)cnc3c2)C[C@@H]1OC. The Morgan fingerprint density at radius 1 is 1.11 bits per heavy atom. The maximum atomic E-state index is 13.9. The van der Waals surface area contributed by atoms with Gasteiger partial charge in [-0.05, 0) is 43.0 Å². The third kappa shape index (κ3) is 5.84. The van der Waals surface area contributed by atoms with Crippen LogP contribution in [0.4, 0.5) is 20.3 Å². The van der Waals surface area contributed by atoms with Gasteiger partial charge in [0, 0.05) is 57.2 Å². The van der Waals surface area contributed by atoms with Crippen LogP contribution >= 0.6 is 0 Å². The molecule has 2 aliphatic rings. The van der Waals surface area contributed by atoms with E-state index >= 15 is 0 Å². The van der Waals surface area contributed by atoms with Gasteiger partial charge in [-0.15, -0.1) is 0 Å². The predicted molar refractivity (Wildman–Crippen MR) is 141 cm³/mol. The fourth-order valence-corrected chi connectivity index (χ4v) is 5.50. The van der Waals surface area contributed by atoms with Gasteiger partial charge in [0.2, 0.25) is 0 Å². The van der Waals surface area contributed by atoms with Gasteiger partial charge in [0.05, 0.1) is 42.6 Å². The van der Waals surface area contributed by atoms with Gasteiger partial charge in [-0.25, -0.2) is 13.8 Å². The van der Waals surface area contributed by atoms with E-state index in [9.17, 15) is 8.78 Å². The first-order chi connectivity index (χ1) is 17.9. The molecule has 0 amide bonds. The second-order valence-electron chi connectivity index (χ2n) is 10.0. The molecule has 2 aliphatic heterocycles. The summed E-state index contributed by atoms with van der Waals surface area (Å²) >= 11 is 0. The Morgan fingerprint density at radius 2 is 1.86 bits per heavy atom. The Balaban J connectivity index is 1.49. The lowest BCUT2D eigenvalue weighted by Gasteiger charge is -2.28. The van der Waals surface area contributed by atoms with E-state index in [2.05, 4.69) is 34.2 Å². The summed E-state index contributed by atoms with van der Waals surface area (Å²) in [4.78, 5) is 14.4. The number of morpholine rings is 1. The number of halogens is 2. The van der Waals surface area contributed by atoms with E-state index in [4.69, 9.17) is 19.4 Å². The Morgan fingerprint density at radius 3 is 2.54 bits per heavy atom. The molecule has 9 heteroatoms. The van der Waals surface area contributed by atoms with E-state index in [0.717, 1.165) is 73.2 Å². The second-order valence-corrected chi connectivity index (χ2v) is 10.0. The van der Waals surface area contributed by atoms with Gasteiger partial charge in [0.1, 0.15) is 17.5 Å². The third-order valence-corrected chi connectivity index (χ3v) is 7.46. The normalized spacial score (nSPS) is 21.5. The fourth-order valence-electron chi connectivity index (χ4n) is 5.50. The molecule has 198 valence electrons. The average Bonchev–Trinajstić information content (AvgIpc) is 3.29. The summed E-state index contributed by atoms with van der Waals surface area (Å²) in [5.74, 6) is 0.0937. The highest BCUT2D eigenvalue weighted by Crippen LogP contribution is 2.31. The number of aromatic nitrogens is 2. The van der Waals surface area contributed by atoms with Crippen LogP contribution in [0.2, 0.25) is 0 Å². The molecule has 0 aliphatic carbocycles. The van der Waals surface area contributed by atoms with Crippen LogP contribution < -0.4 is 10.2 Å². The Bertz CT molecular complexity index is 1200. The minimum absolute atomic E-state index is 0.240. The zero-order chi connectivity index (χ0) is 25.9. The maximum Gasteiger partial charge on any atom is 0.148 e. The number of hydrogen-bond acceptors (Lipinski definition) is 7. The van der Waals surface area contributed by atoms with Crippen LogP contribution in [-0.4, -0.2) is 67.5 Å². The molecular weight excluding hydrogens is 476 g/mol. The lowest BCUT2D eigenvalue weighted by molar-refractivity contribution is 0.0771. The Kier molecular flexibility index (Phi) is 7.83. The number of fused-ring (bicyclic) bond motifs is 1.